The van der Waals surface area contributed by atoms with Gasteiger partial charge in [-0.2, -0.15) is 0 Å². The molecule has 7 heteroatoms. The van der Waals surface area contributed by atoms with E-state index in [1.165, 1.54) is 29.5 Å². The first kappa shape index (κ1) is 16.2. The van der Waals surface area contributed by atoms with E-state index in [2.05, 4.69) is 15.3 Å². The molecule has 2 aromatic heterocycles. The lowest BCUT2D eigenvalue weighted by Crippen LogP contribution is -2.11. The summed E-state index contributed by atoms with van der Waals surface area (Å²) in [7, 11) is 0. The van der Waals surface area contributed by atoms with Crippen LogP contribution in [0.4, 0.5) is 9.52 Å². The number of carbonyl (C=O) groups is 1. The zero-order valence-corrected chi connectivity index (χ0v) is 14.3. The van der Waals surface area contributed by atoms with Crippen LogP contribution in [-0.2, 0) is 0 Å². The molecular weight excluding hydrogens is 351 g/mol. The molecule has 1 amide bonds. The Hall–Kier alpha value is -3.32. The molecule has 4 aromatic rings. The van der Waals surface area contributed by atoms with Crippen molar-refractivity contribution in [3.8, 4) is 16.9 Å². The Kier molecular flexibility index (Phi) is 4.28. The number of hydrogen-bond acceptors (Lipinski definition) is 4. The van der Waals surface area contributed by atoms with E-state index in [1.54, 1.807) is 18.6 Å². The maximum atomic E-state index is 13.2. The SMILES string of the molecule is O=C(Nc1nc(-c2ccc(-n3ccnc3)cc2)cs1)c1cccc(F)c1. The molecule has 128 valence electrons. The summed E-state index contributed by atoms with van der Waals surface area (Å²) < 4.78 is 15.1. The van der Waals surface area contributed by atoms with Crippen LogP contribution >= 0.6 is 11.3 Å². The van der Waals surface area contributed by atoms with E-state index in [4.69, 9.17) is 0 Å². The van der Waals surface area contributed by atoms with Crippen LogP contribution in [0.3, 0.4) is 0 Å². The van der Waals surface area contributed by atoms with Crippen molar-refractivity contribution >= 4 is 22.4 Å². The van der Waals surface area contributed by atoms with Crippen molar-refractivity contribution in [2.75, 3.05) is 5.32 Å². The fraction of sp³-hybridized carbons (Fsp3) is 0. The standard InChI is InChI=1S/C19H13FN4OS/c20-15-3-1-2-14(10-15)18(25)23-19-22-17(11-26-19)13-4-6-16(7-5-13)24-9-8-21-12-24/h1-12H,(H,22,23,25). The summed E-state index contributed by atoms with van der Waals surface area (Å²) in [4.78, 5) is 20.6. The Morgan fingerprint density at radius 3 is 2.73 bits per heavy atom. The van der Waals surface area contributed by atoms with Gasteiger partial charge in [-0.15, -0.1) is 11.3 Å². The fourth-order valence-corrected chi connectivity index (χ4v) is 3.19. The molecule has 4 rings (SSSR count). The molecule has 0 atom stereocenters. The van der Waals surface area contributed by atoms with Crippen LogP contribution in [-0.4, -0.2) is 20.4 Å². The van der Waals surface area contributed by atoms with Gasteiger partial charge in [0.05, 0.1) is 12.0 Å². The number of imidazole rings is 1. The third-order valence-corrected chi connectivity index (χ3v) is 4.53. The minimum Gasteiger partial charge on any atom is -0.306 e. The second-order valence-corrected chi connectivity index (χ2v) is 6.38. The Labute approximate surface area is 152 Å². The van der Waals surface area contributed by atoms with Gasteiger partial charge in [-0.1, -0.05) is 18.2 Å². The Morgan fingerprint density at radius 1 is 1.15 bits per heavy atom. The molecule has 2 aromatic carbocycles. The highest BCUT2D eigenvalue weighted by Gasteiger charge is 2.11. The van der Waals surface area contributed by atoms with E-state index in [0.717, 1.165) is 16.9 Å². The van der Waals surface area contributed by atoms with Crippen LogP contribution in [0.5, 0.6) is 0 Å². The minimum absolute atomic E-state index is 0.256. The largest absolute Gasteiger partial charge is 0.306 e. The summed E-state index contributed by atoms with van der Waals surface area (Å²) >= 11 is 1.32. The Balaban J connectivity index is 1.50. The second kappa shape index (κ2) is 6.89. The lowest BCUT2D eigenvalue weighted by molar-refractivity contribution is 0.102. The van der Waals surface area contributed by atoms with Crippen LogP contribution in [0, 0.1) is 5.82 Å². The smallest absolute Gasteiger partial charge is 0.257 e. The predicted octanol–water partition coefficient (Wildman–Crippen LogP) is 4.39. The highest BCUT2D eigenvalue weighted by molar-refractivity contribution is 7.14. The molecule has 5 nitrogen and oxygen atoms in total. The number of thiazole rings is 1. The predicted molar refractivity (Wildman–Crippen MR) is 99.0 cm³/mol. The van der Waals surface area contributed by atoms with Crippen LogP contribution in [0.25, 0.3) is 16.9 Å². The molecule has 0 unspecified atom stereocenters. The van der Waals surface area contributed by atoms with Gasteiger partial charge in [-0.25, -0.2) is 14.4 Å². The average molecular weight is 364 g/mol. The second-order valence-electron chi connectivity index (χ2n) is 5.52. The molecule has 0 radical (unpaired) electrons. The number of nitrogens with one attached hydrogen (secondary N) is 1. The first-order valence-corrected chi connectivity index (χ1v) is 8.68. The molecule has 0 spiro atoms. The summed E-state index contributed by atoms with van der Waals surface area (Å²) in [5, 5.41) is 5.03. The maximum absolute atomic E-state index is 13.2. The molecule has 1 N–H and O–H groups in total. The molecule has 0 saturated heterocycles. The van der Waals surface area contributed by atoms with E-state index < -0.39 is 5.82 Å². The van der Waals surface area contributed by atoms with Crippen LogP contribution in [0.2, 0.25) is 0 Å². The monoisotopic (exact) mass is 364 g/mol. The number of rotatable bonds is 4. The van der Waals surface area contributed by atoms with Crippen molar-refractivity contribution in [3.05, 3.63) is 84.0 Å². The minimum atomic E-state index is -0.449. The number of nitrogens with zero attached hydrogens (tertiary/aromatic N) is 3. The Morgan fingerprint density at radius 2 is 2.00 bits per heavy atom. The summed E-state index contributed by atoms with van der Waals surface area (Å²) in [6, 6.07) is 13.4. The van der Waals surface area contributed by atoms with E-state index >= 15 is 0 Å². The van der Waals surface area contributed by atoms with Crippen molar-refractivity contribution in [1.29, 1.82) is 0 Å². The first-order chi connectivity index (χ1) is 12.7. The molecule has 0 saturated carbocycles. The number of hydrogen-bond donors (Lipinski definition) is 1. The number of benzene rings is 2. The van der Waals surface area contributed by atoms with Crippen molar-refractivity contribution in [3.63, 3.8) is 0 Å². The summed E-state index contributed by atoms with van der Waals surface area (Å²) in [5.41, 5.74) is 2.96. The third-order valence-electron chi connectivity index (χ3n) is 3.78. The molecule has 0 aliphatic heterocycles. The molecule has 26 heavy (non-hydrogen) atoms. The van der Waals surface area contributed by atoms with Crippen molar-refractivity contribution < 1.29 is 9.18 Å². The first-order valence-electron chi connectivity index (χ1n) is 7.80. The van der Waals surface area contributed by atoms with Gasteiger partial charge < -0.3 is 4.57 Å². The van der Waals surface area contributed by atoms with E-state index in [9.17, 15) is 9.18 Å². The van der Waals surface area contributed by atoms with Crippen LogP contribution in [0.15, 0.2) is 72.6 Å². The molecule has 0 fully saturated rings. The van der Waals surface area contributed by atoms with Gasteiger partial charge in [-0.3, -0.25) is 10.1 Å². The highest BCUT2D eigenvalue weighted by Crippen LogP contribution is 2.26. The lowest BCUT2D eigenvalue weighted by Gasteiger charge is -2.03. The van der Waals surface area contributed by atoms with Gasteiger partial charge >= 0.3 is 0 Å². The average Bonchev–Trinajstić information content (AvgIpc) is 3.34. The number of halogens is 1. The van der Waals surface area contributed by atoms with Gasteiger partial charge in [0.1, 0.15) is 5.82 Å². The van der Waals surface area contributed by atoms with E-state index in [-0.39, 0.29) is 11.5 Å². The third kappa shape index (κ3) is 3.38. The van der Waals surface area contributed by atoms with Crippen LogP contribution in [0.1, 0.15) is 10.4 Å². The van der Waals surface area contributed by atoms with E-state index in [0.29, 0.717) is 5.13 Å². The fourth-order valence-electron chi connectivity index (χ4n) is 2.48. The topological polar surface area (TPSA) is 59.8 Å². The molecule has 0 bridgehead atoms. The number of amides is 1. The molecular formula is C19H13FN4OS. The van der Waals surface area contributed by atoms with Crippen molar-refractivity contribution in [1.82, 2.24) is 14.5 Å². The van der Waals surface area contributed by atoms with Crippen molar-refractivity contribution in [2.24, 2.45) is 0 Å². The van der Waals surface area contributed by atoms with Gasteiger partial charge in [0, 0.05) is 34.6 Å². The number of carbonyl (C=O) groups excluding carboxylic acids is 1. The summed E-state index contributed by atoms with van der Waals surface area (Å²) in [6.45, 7) is 0. The number of aromatic nitrogens is 3. The zero-order chi connectivity index (χ0) is 17.9. The maximum Gasteiger partial charge on any atom is 0.257 e. The Bertz CT molecular complexity index is 1040. The van der Waals surface area contributed by atoms with Gasteiger partial charge in [0.15, 0.2) is 5.13 Å². The van der Waals surface area contributed by atoms with Gasteiger partial charge in [0.2, 0.25) is 0 Å². The van der Waals surface area contributed by atoms with Gasteiger partial charge in [-0.05, 0) is 30.3 Å². The normalized spacial score (nSPS) is 10.7. The summed E-state index contributed by atoms with van der Waals surface area (Å²) in [6.07, 6.45) is 5.33. The number of anilines is 1. The molecule has 2 heterocycles. The van der Waals surface area contributed by atoms with Crippen molar-refractivity contribution in [2.45, 2.75) is 0 Å². The van der Waals surface area contributed by atoms with Gasteiger partial charge in [0.25, 0.3) is 5.91 Å². The van der Waals surface area contributed by atoms with E-state index in [1.807, 2.05) is 40.4 Å². The van der Waals surface area contributed by atoms with Crippen LogP contribution < -0.4 is 5.32 Å². The zero-order valence-electron chi connectivity index (χ0n) is 13.5. The highest BCUT2D eigenvalue weighted by atomic mass is 32.1. The quantitative estimate of drug-likeness (QED) is 0.584. The molecule has 0 aliphatic rings. The lowest BCUT2D eigenvalue weighted by atomic mass is 10.1. The molecule has 0 aliphatic carbocycles. The summed E-state index contributed by atoms with van der Waals surface area (Å²) in [5.74, 6) is -0.837.